The summed E-state index contributed by atoms with van der Waals surface area (Å²) >= 11 is 1.33. The summed E-state index contributed by atoms with van der Waals surface area (Å²) in [6.07, 6.45) is 0. The number of hydrogen-bond donors (Lipinski definition) is 1. The van der Waals surface area contributed by atoms with Gasteiger partial charge in [-0.25, -0.2) is 4.79 Å². The molecule has 0 fully saturated rings. The zero-order chi connectivity index (χ0) is 21.7. The van der Waals surface area contributed by atoms with E-state index in [-0.39, 0.29) is 11.5 Å². The van der Waals surface area contributed by atoms with Gasteiger partial charge in [0.1, 0.15) is 0 Å². The lowest BCUT2D eigenvalue weighted by molar-refractivity contribution is -0.119. The maximum absolute atomic E-state index is 12.6. The van der Waals surface area contributed by atoms with Crippen LogP contribution in [0, 0.1) is 13.8 Å². The van der Waals surface area contributed by atoms with Crippen LogP contribution in [0.2, 0.25) is 0 Å². The van der Waals surface area contributed by atoms with E-state index in [1.54, 1.807) is 43.4 Å². The first-order valence-electron chi connectivity index (χ1n) is 9.32. The molecule has 1 aromatic heterocycles. The van der Waals surface area contributed by atoms with Crippen molar-refractivity contribution in [2.75, 3.05) is 23.9 Å². The first-order chi connectivity index (χ1) is 14.4. The number of anilines is 2. The number of thiophene rings is 1. The third-order valence-corrected chi connectivity index (χ3v) is 5.46. The summed E-state index contributed by atoms with van der Waals surface area (Å²) in [6.45, 7) is 3.36. The number of ether oxygens (including phenoxy) is 1. The van der Waals surface area contributed by atoms with E-state index < -0.39 is 18.5 Å². The molecule has 1 heterocycles. The molecule has 0 aliphatic carbocycles. The molecule has 0 atom stereocenters. The standard InChI is InChI=1S/C23H22N2O4S/c1-15-8-6-9-16(2)21(15)24-20(26)14-29-23(28)17-10-4-5-11-18(17)25(3)22(27)19-12-7-13-30-19/h4-13H,14H2,1-3H3,(H,24,26). The largest absolute Gasteiger partial charge is 0.452 e. The molecule has 0 spiro atoms. The van der Waals surface area contributed by atoms with Gasteiger partial charge in [0.15, 0.2) is 6.61 Å². The number of amides is 2. The zero-order valence-corrected chi connectivity index (χ0v) is 17.8. The van der Waals surface area contributed by atoms with Crippen LogP contribution in [0.5, 0.6) is 0 Å². The maximum Gasteiger partial charge on any atom is 0.340 e. The molecular formula is C23H22N2O4S. The SMILES string of the molecule is Cc1cccc(C)c1NC(=O)COC(=O)c1ccccc1N(C)C(=O)c1cccs1. The summed E-state index contributed by atoms with van der Waals surface area (Å²) in [5.41, 5.74) is 3.18. The molecule has 0 aliphatic heterocycles. The molecular weight excluding hydrogens is 400 g/mol. The molecule has 0 radical (unpaired) electrons. The number of para-hydroxylation sites is 2. The highest BCUT2D eigenvalue weighted by atomic mass is 32.1. The van der Waals surface area contributed by atoms with Crippen LogP contribution >= 0.6 is 11.3 Å². The Labute approximate surface area is 179 Å². The van der Waals surface area contributed by atoms with E-state index >= 15 is 0 Å². The summed E-state index contributed by atoms with van der Waals surface area (Å²) in [6, 6.07) is 15.9. The number of aryl methyl sites for hydroxylation is 2. The van der Waals surface area contributed by atoms with Gasteiger partial charge < -0.3 is 15.0 Å². The Morgan fingerprint density at radius 1 is 0.967 bits per heavy atom. The van der Waals surface area contributed by atoms with Gasteiger partial charge in [0, 0.05) is 12.7 Å². The van der Waals surface area contributed by atoms with Crippen molar-refractivity contribution in [2.45, 2.75) is 13.8 Å². The van der Waals surface area contributed by atoms with Crippen molar-refractivity contribution >= 4 is 40.5 Å². The van der Waals surface area contributed by atoms with E-state index in [9.17, 15) is 14.4 Å². The Morgan fingerprint density at radius 2 is 1.67 bits per heavy atom. The quantitative estimate of drug-likeness (QED) is 0.596. The first-order valence-corrected chi connectivity index (χ1v) is 10.2. The predicted molar refractivity (Wildman–Crippen MR) is 118 cm³/mol. The lowest BCUT2D eigenvalue weighted by atomic mass is 10.1. The first kappa shape index (κ1) is 21.3. The Hall–Kier alpha value is -3.45. The van der Waals surface area contributed by atoms with E-state index in [4.69, 9.17) is 4.74 Å². The Kier molecular flexibility index (Phi) is 6.64. The summed E-state index contributed by atoms with van der Waals surface area (Å²) in [7, 11) is 1.60. The van der Waals surface area contributed by atoms with E-state index in [2.05, 4.69) is 5.32 Å². The van der Waals surface area contributed by atoms with Crippen molar-refractivity contribution in [1.29, 1.82) is 0 Å². The lowest BCUT2D eigenvalue weighted by Crippen LogP contribution is -2.28. The molecule has 7 heteroatoms. The second kappa shape index (κ2) is 9.37. The van der Waals surface area contributed by atoms with Gasteiger partial charge in [-0.05, 0) is 48.6 Å². The molecule has 0 bridgehead atoms. The molecule has 2 aromatic carbocycles. The molecule has 3 aromatic rings. The van der Waals surface area contributed by atoms with Crippen LogP contribution in [0.25, 0.3) is 0 Å². The number of carbonyl (C=O) groups is 3. The number of carbonyl (C=O) groups excluding carboxylic acids is 3. The topological polar surface area (TPSA) is 75.7 Å². The molecule has 30 heavy (non-hydrogen) atoms. The molecule has 0 saturated carbocycles. The summed E-state index contributed by atoms with van der Waals surface area (Å²) in [5.74, 6) is -1.33. The fourth-order valence-corrected chi connectivity index (χ4v) is 3.71. The van der Waals surface area contributed by atoms with Gasteiger partial charge in [-0.15, -0.1) is 11.3 Å². The third-order valence-electron chi connectivity index (χ3n) is 4.60. The number of esters is 1. The Balaban J connectivity index is 1.69. The highest BCUT2D eigenvalue weighted by Crippen LogP contribution is 2.24. The number of benzene rings is 2. The van der Waals surface area contributed by atoms with Crippen LogP contribution in [0.4, 0.5) is 11.4 Å². The van der Waals surface area contributed by atoms with Gasteiger partial charge in [-0.3, -0.25) is 9.59 Å². The molecule has 154 valence electrons. The van der Waals surface area contributed by atoms with Crippen molar-refractivity contribution in [2.24, 2.45) is 0 Å². The highest BCUT2D eigenvalue weighted by Gasteiger charge is 2.21. The minimum atomic E-state index is -0.673. The smallest absolute Gasteiger partial charge is 0.340 e. The molecule has 0 unspecified atom stereocenters. The van der Waals surface area contributed by atoms with Crippen molar-refractivity contribution in [3.05, 3.63) is 81.5 Å². The molecule has 1 N–H and O–H groups in total. The van der Waals surface area contributed by atoms with Crippen molar-refractivity contribution in [1.82, 2.24) is 0 Å². The van der Waals surface area contributed by atoms with Crippen LogP contribution in [0.1, 0.15) is 31.2 Å². The second-order valence-electron chi connectivity index (χ2n) is 6.75. The van der Waals surface area contributed by atoms with Crippen molar-refractivity contribution in [3.8, 4) is 0 Å². The predicted octanol–water partition coefficient (Wildman–Crippen LogP) is 4.44. The molecule has 0 aliphatic rings. The fraction of sp³-hybridized carbons (Fsp3) is 0.174. The normalized spacial score (nSPS) is 10.4. The van der Waals surface area contributed by atoms with Gasteiger partial charge in [-0.2, -0.15) is 0 Å². The minimum absolute atomic E-state index is 0.213. The van der Waals surface area contributed by atoms with Crippen LogP contribution in [0.15, 0.2) is 60.0 Å². The molecule has 0 saturated heterocycles. The van der Waals surface area contributed by atoms with Gasteiger partial charge in [0.2, 0.25) is 0 Å². The second-order valence-corrected chi connectivity index (χ2v) is 7.70. The van der Waals surface area contributed by atoms with Gasteiger partial charge in [-0.1, -0.05) is 36.4 Å². The van der Waals surface area contributed by atoms with E-state index in [0.29, 0.717) is 16.3 Å². The highest BCUT2D eigenvalue weighted by molar-refractivity contribution is 7.12. The maximum atomic E-state index is 12.6. The Morgan fingerprint density at radius 3 is 2.33 bits per heavy atom. The van der Waals surface area contributed by atoms with Crippen molar-refractivity contribution in [3.63, 3.8) is 0 Å². The minimum Gasteiger partial charge on any atom is -0.452 e. The Bertz CT molecular complexity index is 1060. The van der Waals surface area contributed by atoms with E-state index in [1.807, 2.05) is 37.4 Å². The zero-order valence-electron chi connectivity index (χ0n) is 17.0. The molecule has 3 rings (SSSR count). The monoisotopic (exact) mass is 422 g/mol. The molecule has 2 amide bonds. The third kappa shape index (κ3) is 4.75. The summed E-state index contributed by atoms with van der Waals surface area (Å²) in [5, 5.41) is 4.60. The number of rotatable bonds is 6. The van der Waals surface area contributed by atoms with Crippen LogP contribution in [-0.2, 0) is 9.53 Å². The number of nitrogens with one attached hydrogen (secondary N) is 1. The van der Waals surface area contributed by atoms with Gasteiger partial charge in [0.25, 0.3) is 11.8 Å². The average Bonchev–Trinajstić information content (AvgIpc) is 3.28. The van der Waals surface area contributed by atoms with Crippen LogP contribution < -0.4 is 10.2 Å². The van der Waals surface area contributed by atoms with E-state index in [1.165, 1.54) is 16.2 Å². The summed E-state index contributed by atoms with van der Waals surface area (Å²) in [4.78, 5) is 39.5. The van der Waals surface area contributed by atoms with E-state index in [0.717, 1.165) is 11.1 Å². The summed E-state index contributed by atoms with van der Waals surface area (Å²) < 4.78 is 5.22. The van der Waals surface area contributed by atoms with Crippen LogP contribution in [0.3, 0.4) is 0 Å². The molecule has 6 nitrogen and oxygen atoms in total. The number of nitrogens with zero attached hydrogens (tertiary/aromatic N) is 1. The fourth-order valence-electron chi connectivity index (χ4n) is 3.01. The van der Waals surface area contributed by atoms with Crippen molar-refractivity contribution < 1.29 is 19.1 Å². The lowest BCUT2D eigenvalue weighted by Gasteiger charge is -2.19. The number of hydrogen-bond acceptors (Lipinski definition) is 5. The van der Waals surface area contributed by atoms with Crippen LogP contribution in [-0.4, -0.2) is 31.4 Å². The van der Waals surface area contributed by atoms with Gasteiger partial charge >= 0.3 is 5.97 Å². The average molecular weight is 423 g/mol. The van der Waals surface area contributed by atoms with Gasteiger partial charge in [0.05, 0.1) is 16.1 Å².